The van der Waals surface area contributed by atoms with E-state index in [2.05, 4.69) is 6.07 Å². The van der Waals surface area contributed by atoms with Gasteiger partial charge < -0.3 is 10.8 Å². The lowest BCUT2D eigenvalue weighted by Crippen LogP contribution is -2.09. The first-order chi connectivity index (χ1) is 14.1. The SMILES string of the molecule is Nc1ccc2c(c1)CCc1c(-c3ccc(F)cc3)cc(-c3ccc(O)cc3)nc1-2. The highest BCUT2D eigenvalue weighted by Gasteiger charge is 2.22. The molecule has 0 amide bonds. The monoisotopic (exact) mass is 382 g/mol. The highest BCUT2D eigenvalue weighted by molar-refractivity contribution is 5.83. The number of aromatic hydroxyl groups is 1. The second-order valence-corrected chi connectivity index (χ2v) is 7.35. The molecule has 4 aromatic rings. The number of rotatable bonds is 2. The molecule has 0 atom stereocenters. The Hall–Kier alpha value is -3.66. The van der Waals surface area contributed by atoms with Crippen molar-refractivity contribution in [2.75, 3.05) is 5.73 Å². The van der Waals surface area contributed by atoms with E-state index in [0.717, 1.165) is 57.7 Å². The number of phenolic OH excluding ortho intramolecular Hbond substituents is 1. The fourth-order valence-corrected chi connectivity index (χ4v) is 4.03. The second kappa shape index (κ2) is 6.74. The topological polar surface area (TPSA) is 59.1 Å². The maximum Gasteiger partial charge on any atom is 0.123 e. The summed E-state index contributed by atoms with van der Waals surface area (Å²) in [7, 11) is 0. The van der Waals surface area contributed by atoms with Gasteiger partial charge in [-0.15, -0.1) is 0 Å². The van der Waals surface area contributed by atoms with E-state index in [-0.39, 0.29) is 11.6 Å². The van der Waals surface area contributed by atoms with Crippen LogP contribution in [0, 0.1) is 5.82 Å². The highest BCUT2D eigenvalue weighted by Crippen LogP contribution is 2.40. The van der Waals surface area contributed by atoms with Gasteiger partial charge in [0, 0.05) is 16.8 Å². The van der Waals surface area contributed by atoms with Crippen molar-refractivity contribution in [1.29, 1.82) is 0 Å². The van der Waals surface area contributed by atoms with Crippen LogP contribution in [-0.2, 0) is 12.8 Å². The van der Waals surface area contributed by atoms with Gasteiger partial charge in [0.2, 0.25) is 0 Å². The number of nitrogen functional groups attached to an aromatic ring is 1. The molecular weight excluding hydrogens is 363 g/mol. The van der Waals surface area contributed by atoms with Gasteiger partial charge in [-0.1, -0.05) is 18.2 Å². The van der Waals surface area contributed by atoms with E-state index in [4.69, 9.17) is 10.7 Å². The van der Waals surface area contributed by atoms with Crippen LogP contribution in [0.5, 0.6) is 5.75 Å². The first-order valence-corrected chi connectivity index (χ1v) is 9.56. The molecule has 142 valence electrons. The summed E-state index contributed by atoms with van der Waals surface area (Å²) < 4.78 is 13.5. The van der Waals surface area contributed by atoms with Crippen LogP contribution in [0.25, 0.3) is 33.6 Å². The van der Waals surface area contributed by atoms with Crippen LogP contribution in [0.15, 0.2) is 72.8 Å². The molecule has 0 unspecified atom stereocenters. The van der Waals surface area contributed by atoms with Crippen LogP contribution in [0.2, 0.25) is 0 Å². The number of nitrogens with two attached hydrogens (primary N) is 1. The quantitative estimate of drug-likeness (QED) is 0.443. The number of hydrogen-bond donors (Lipinski definition) is 2. The molecule has 0 bridgehead atoms. The van der Waals surface area contributed by atoms with E-state index < -0.39 is 0 Å². The lowest BCUT2D eigenvalue weighted by Gasteiger charge is -2.23. The molecule has 1 aliphatic rings. The van der Waals surface area contributed by atoms with Crippen LogP contribution >= 0.6 is 0 Å². The van der Waals surface area contributed by atoms with Gasteiger partial charge >= 0.3 is 0 Å². The summed E-state index contributed by atoms with van der Waals surface area (Å²) in [4.78, 5) is 4.99. The number of nitrogens with zero attached hydrogens (tertiary/aromatic N) is 1. The smallest absolute Gasteiger partial charge is 0.123 e. The first kappa shape index (κ1) is 17.4. The lowest BCUT2D eigenvalue weighted by atomic mass is 9.84. The van der Waals surface area contributed by atoms with E-state index in [1.807, 2.05) is 42.5 Å². The van der Waals surface area contributed by atoms with Crippen LogP contribution < -0.4 is 5.73 Å². The summed E-state index contributed by atoms with van der Waals surface area (Å²) in [5.41, 5.74) is 14.9. The van der Waals surface area contributed by atoms with Gasteiger partial charge in [-0.2, -0.15) is 0 Å². The average Bonchev–Trinajstić information content (AvgIpc) is 2.73. The third-order valence-electron chi connectivity index (χ3n) is 5.47. The molecule has 3 aromatic carbocycles. The van der Waals surface area contributed by atoms with E-state index in [9.17, 15) is 9.50 Å². The molecule has 0 saturated heterocycles. The minimum absolute atomic E-state index is 0.214. The molecule has 3 N–H and O–H groups in total. The molecule has 0 fully saturated rings. The molecule has 5 rings (SSSR count). The van der Waals surface area contributed by atoms with E-state index in [0.29, 0.717) is 0 Å². The van der Waals surface area contributed by atoms with Crippen molar-refractivity contribution in [1.82, 2.24) is 4.98 Å². The Morgan fingerprint density at radius 1 is 0.793 bits per heavy atom. The van der Waals surface area contributed by atoms with Crippen LogP contribution in [0.3, 0.4) is 0 Å². The molecule has 0 aliphatic heterocycles. The third kappa shape index (κ3) is 3.13. The standard InChI is InChI=1S/C25H19FN2O/c26-18-6-1-15(2-7-18)23-14-24(16-3-9-20(29)10-4-16)28-25-21-12-8-19(27)13-17(21)5-11-22(23)25/h1-4,6-10,12-14,29H,5,11,27H2. The van der Waals surface area contributed by atoms with Crippen LogP contribution in [0.4, 0.5) is 10.1 Å². The minimum Gasteiger partial charge on any atom is -0.508 e. The Morgan fingerprint density at radius 2 is 1.52 bits per heavy atom. The van der Waals surface area contributed by atoms with Gasteiger partial charge in [-0.25, -0.2) is 9.37 Å². The molecule has 0 spiro atoms. The zero-order chi connectivity index (χ0) is 20.0. The average molecular weight is 382 g/mol. The lowest BCUT2D eigenvalue weighted by molar-refractivity contribution is 0.475. The predicted octanol–water partition coefficient (Wildman–Crippen LogP) is 5.61. The third-order valence-corrected chi connectivity index (χ3v) is 5.47. The second-order valence-electron chi connectivity index (χ2n) is 7.35. The van der Waals surface area contributed by atoms with Gasteiger partial charge in [-0.05, 0) is 89.7 Å². The molecule has 29 heavy (non-hydrogen) atoms. The fraction of sp³-hybridized carbons (Fsp3) is 0.0800. The van der Waals surface area contributed by atoms with Crippen molar-refractivity contribution in [3.05, 3.63) is 89.7 Å². The molecule has 0 radical (unpaired) electrons. The van der Waals surface area contributed by atoms with Crippen molar-refractivity contribution in [2.45, 2.75) is 12.8 Å². The Labute approximate surface area is 168 Å². The fourth-order valence-electron chi connectivity index (χ4n) is 4.03. The maximum atomic E-state index is 13.5. The summed E-state index contributed by atoms with van der Waals surface area (Å²) >= 11 is 0. The number of halogens is 1. The van der Waals surface area contributed by atoms with Gasteiger partial charge in [0.05, 0.1) is 11.4 Å². The van der Waals surface area contributed by atoms with Crippen molar-refractivity contribution in [2.24, 2.45) is 0 Å². The Kier molecular flexibility index (Phi) is 4.06. The van der Waals surface area contributed by atoms with Crippen LogP contribution in [-0.4, -0.2) is 10.1 Å². The van der Waals surface area contributed by atoms with Gasteiger partial charge in [0.1, 0.15) is 11.6 Å². The Morgan fingerprint density at radius 3 is 2.28 bits per heavy atom. The predicted molar refractivity (Wildman–Crippen MR) is 114 cm³/mol. The summed E-state index contributed by atoms with van der Waals surface area (Å²) in [6, 6.07) is 21.6. The van der Waals surface area contributed by atoms with E-state index in [1.54, 1.807) is 12.1 Å². The number of anilines is 1. The van der Waals surface area contributed by atoms with E-state index in [1.165, 1.54) is 17.7 Å². The van der Waals surface area contributed by atoms with E-state index >= 15 is 0 Å². The van der Waals surface area contributed by atoms with Crippen LogP contribution in [0.1, 0.15) is 11.1 Å². The number of pyridine rings is 1. The summed E-state index contributed by atoms with van der Waals surface area (Å²) in [5, 5.41) is 9.64. The molecule has 3 nitrogen and oxygen atoms in total. The molecule has 1 aromatic heterocycles. The molecular formula is C25H19FN2O. The van der Waals surface area contributed by atoms with Crippen molar-refractivity contribution in [3.63, 3.8) is 0 Å². The van der Waals surface area contributed by atoms with Crippen molar-refractivity contribution in [3.8, 4) is 39.4 Å². The minimum atomic E-state index is -0.253. The van der Waals surface area contributed by atoms with Gasteiger partial charge in [0.25, 0.3) is 0 Å². The summed E-state index contributed by atoms with van der Waals surface area (Å²) in [6.07, 6.45) is 1.74. The first-order valence-electron chi connectivity index (χ1n) is 9.56. The van der Waals surface area contributed by atoms with Gasteiger partial charge in [-0.3, -0.25) is 0 Å². The molecule has 0 saturated carbocycles. The zero-order valence-electron chi connectivity index (χ0n) is 15.7. The number of aryl methyl sites for hydroxylation is 1. The summed E-state index contributed by atoms with van der Waals surface area (Å²) in [6.45, 7) is 0. The number of fused-ring (bicyclic) bond motifs is 3. The summed E-state index contributed by atoms with van der Waals surface area (Å²) in [5.74, 6) is -0.0393. The zero-order valence-corrected chi connectivity index (χ0v) is 15.7. The normalized spacial score (nSPS) is 12.3. The number of aromatic nitrogens is 1. The number of phenols is 1. The van der Waals surface area contributed by atoms with Crippen molar-refractivity contribution < 1.29 is 9.50 Å². The number of benzene rings is 3. The Balaban J connectivity index is 1.77. The van der Waals surface area contributed by atoms with Crippen molar-refractivity contribution >= 4 is 5.69 Å². The molecule has 4 heteroatoms. The van der Waals surface area contributed by atoms with Gasteiger partial charge in [0.15, 0.2) is 0 Å². The largest absolute Gasteiger partial charge is 0.508 e. The highest BCUT2D eigenvalue weighted by atomic mass is 19.1. The maximum absolute atomic E-state index is 13.5. The molecule has 1 heterocycles. The molecule has 1 aliphatic carbocycles. The Bertz CT molecular complexity index is 1200. The number of hydrogen-bond acceptors (Lipinski definition) is 3.